The summed E-state index contributed by atoms with van der Waals surface area (Å²) in [7, 11) is 1.36. The first-order chi connectivity index (χ1) is 12.3. The second kappa shape index (κ2) is 37.9. The third kappa shape index (κ3) is 34.4. The highest BCUT2D eigenvalue weighted by atomic mass is 17.7. The van der Waals surface area contributed by atoms with Crippen molar-refractivity contribution in [1.29, 1.82) is 0 Å². The average Bonchev–Trinajstić information content (AvgIpc) is 2.70. The Kier molecular flexibility index (Phi) is 46.8. The van der Waals surface area contributed by atoms with Crippen LogP contribution in [0.4, 0.5) is 0 Å². The van der Waals surface area contributed by atoms with Gasteiger partial charge in [0, 0.05) is 5.04 Å². The summed E-state index contributed by atoms with van der Waals surface area (Å²) >= 11 is 0. The van der Waals surface area contributed by atoms with Gasteiger partial charge in [0.25, 0.3) is 0 Å². The van der Waals surface area contributed by atoms with Crippen LogP contribution < -0.4 is 0 Å². The summed E-state index contributed by atoms with van der Waals surface area (Å²) in [5, 5.41) is 8.36. The molecule has 0 aromatic heterocycles. The molecule has 0 N–H and O–H groups in total. The Labute approximate surface area is 149 Å². The Hall–Kier alpha value is -1.98. The predicted molar refractivity (Wildman–Crippen MR) is 93.1 cm³/mol. The van der Waals surface area contributed by atoms with Crippen LogP contribution in [0.1, 0.15) is 0 Å². The van der Waals surface area contributed by atoms with Crippen LogP contribution in [0.25, 0.3) is 0 Å². The quantitative estimate of drug-likeness (QED) is 0.142. The minimum atomic E-state index is -0.603. The zero-order chi connectivity index (χ0) is 20.2. The van der Waals surface area contributed by atoms with Crippen LogP contribution >= 0.6 is 0 Å². The lowest BCUT2D eigenvalue weighted by atomic mass is 10.4. The summed E-state index contributed by atoms with van der Waals surface area (Å²) in [6.07, 6.45) is 1.56. The maximum absolute atomic E-state index is 5.20. The monoisotopic (exact) mass is 366 g/mol. The van der Waals surface area contributed by atoms with E-state index in [0.717, 1.165) is 12.5 Å². The molecule has 0 fully saturated rings. The van der Waals surface area contributed by atoms with Crippen molar-refractivity contribution in [2.75, 3.05) is 33.5 Å². The van der Waals surface area contributed by atoms with E-state index in [9.17, 15) is 0 Å². The smallest absolute Gasteiger partial charge is 0.146 e. The Balaban J connectivity index is -0.000000329. The van der Waals surface area contributed by atoms with Crippen LogP contribution in [0, 0.1) is 0 Å². The van der Waals surface area contributed by atoms with Gasteiger partial charge in [0.2, 0.25) is 0 Å². The van der Waals surface area contributed by atoms with Crippen molar-refractivity contribution in [3.63, 3.8) is 0 Å². The Morgan fingerprint density at radius 1 is 0.760 bits per heavy atom. The molecule has 0 aliphatic carbocycles. The van der Waals surface area contributed by atoms with Gasteiger partial charge >= 0.3 is 0 Å². The van der Waals surface area contributed by atoms with Gasteiger partial charge in [-0.05, 0) is 5.04 Å². The molecule has 0 aliphatic rings. The Morgan fingerprint density at radius 2 is 1.36 bits per heavy atom. The molecule has 0 radical (unpaired) electrons. The second-order valence-corrected chi connectivity index (χ2v) is 2.73. The molecular weight excluding hydrogens is 336 g/mol. The van der Waals surface area contributed by atoms with E-state index in [2.05, 4.69) is 87.1 Å². The normalized spacial score (nSPS) is 9.48. The summed E-state index contributed by atoms with van der Waals surface area (Å²) in [5.74, 6) is 0. The summed E-state index contributed by atoms with van der Waals surface area (Å²) in [5.41, 5.74) is 0. The molecule has 9 nitrogen and oxygen atoms in total. The minimum absolute atomic E-state index is 0.0535. The molecule has 0 saturated heterocycles. The van der Waals surface area contributed by atoms with Crippen molar-refractivity contribution >= 4 is 0 Å². The lowest BCUT2D eigenvalue weighted by Crippen LogP contribution is -2.26. The maximum atomic E-state index is 5.20. The Bertz CT molecular complexity index is 247. The lowest BCUT2D eigenvalue weighted by Gasteiger charge is -2.14. The van der Waals surface area contributed by atoms with Gasteiger partial charge in [-0.25, -0.2) is 9.78 Å². The fourth-order valence-corrected chi connectivity index (χ4v) is 0.767. The molecule has 0 amide bonds. The molecule has 0 spiro atoms. The van der Waals surface area contributed by atoms with E-state index in [4.69, 9.17) is 9.62 Å². The van der Waals surface area contributed by atoms with Crippen molar-refractivity contribution in [2.24, 2.45) is 0 Å². The molecule has 1 unspecified atom stereocenters. The largest absolute Gasteiger partial charge is 0.376 e. The van der Waals surface area contributed by atoms with Crippen LogP contribution in [0.2, 0.25) is 0 Å². The topological polar surface area (TPSA) is 83.1 Å². The average molecular weight is 366 g/mol. The van der Waals surface area contributed by atoms with Gasteiger partial charge in [0.05, 0.1) is 20.3 Å². The van der Waals surface area contributed by atoms with E-state index in [1.807, 2.05) is 0 Å². The first-order valence-electron chi connectivity index (χ1n) is 6.74. The molecule has 0 aromatic carbocycles. The molecule has 0 aliphatic heterocycles. The molecule has 0 heterocycles. The molecule has 9 heteroatoms. The highest BCUT2D eigenvalue weighted by molar-refractivity contribution is 4.51. The number of hydrogen-bond acceptors (Lipinski definition) is 9. The van der Waals surface area contributed by atoms with E-state index < -0.39 is 6.10 Å². The van der Waals surface area contributed by atoms with Crippen LogP contribution in [0.5, 0.6) is 0 Å². The first kappa shape index (κ1) is 30.9. The van der Waals surface area contributed by atoms with Crippen LogP contribution in [-0.4, -0.2) is 39.6 Å². The summed E-state index contributed by atoms with van der Waals surface area (Å²) in [6, 6.07) is 0. The standard InChI is InChI=1S/C10H18O9.3C2H4/c1-4-13-15-7-6-12-8-10(9-16-11-3)17-19-18-14-5-2;3*1-2/h4-5,10H,1-2,6-9H2,3H3;3*1-2H2. The molecule has 1 atom stereocenters. The minimum Gasteiger partial charge on any atom is -0.376 e. The number of ether oxygens (including phenoxy) is 1. The van der Waals surface area contributed by atoms with Gasteiger partial charge in [-0.1, -0.05) is 13.2 Å². The molecule has 0 saturated carbocycles. The van der Waals surface area contributed by atoms with Gasteiger partial charge in [-0.2, -0.15) is 9.78 Å². The van der Waals surface area contributed by atoms with Gasteiger partial charge in [0.1, 0.15) is 31.8 Å². The number of rotatable bonds is 15. The van der Waals surface area contributed by atoms with Gasteiger partial charge in [-0.3, -0.25) is 0 Å². The molecule has 0 rings (SSSR count). The van der Waals surface area contributed by atoms with E-state index in [1.54, 1.807) is 0 Å². The zero-order valence-electron chi connectivity index (χ0n) is 14.9. The summed E-state index contributed by atoms with van der Waals surface area (Å²) in [6.45, 7) is 25.2. The van der Waals surface area contributed by atoms with Crippen molar-refractivity contribution in [1.82, 2.24) is 0 Å². The van der Waals surface area contributed by atoms with E-state index in [1.165, 1.54) is 7.11 Å². The van der Waals surface area contributed by atoms with Crippen molar-refractivity contribution in [2.45, 2.75) is 6.10 Å². The number of hydrogen-bond donors (Lipinski definition) is 0. The zero-order valence-corrected chi connectivity index (χ0v) is 14.9. The van der Waals surface area contributed by atoms with Gasteiger partial charge in [0.15, 0.2) is 0 Å². The first-order valence-corrected chi connectivity index (χ1v) is 6.74. The molecule has 0 aromatic rings. The predicted octanol–water partition coefficient (Wildman–Crippen LogP) is 3.40. The SMILES string of the molecule is C=C.C=C.C=C.C=COOCCOCC(COOC)OOOOC=C. The van der Waals surface area contributed by atoms with E-state index >= 15 is 0 Å². The van der Waals surface area contributed by atoms with Crippen LogP contribution in [-0.2, 0) is 44.1 Å². The summed E-state index contributed by atoms with van der Waals surface area (Å²) in [4.78, 5) is 27.1. The van der Waals surface area contributed by atoms with Crippen LogP contribution in [0.3, 0.4) is 0 Å². The van der Waals surface area contributed by atoms with E-state index in [0.29, 0.717) is 0 Å². The maximum Gasteiger partial charge on any atom is 0.146 e. The van der Waals surface area contributed by atoms with Crippen LogP contribution in [0.15, 0.2) is 65.2 Å². The Morgan fingerprint density at radius 3 is 1.88 bits per heavy atom. The second-order valence-electron chi connectivity index (χ2n) is 2.73. The third-order valence-electron chi connectivity index (χ3n) is 1.43. The van der Waals surface area contributed by atoms with Gasteiger partial charge in [-0.15, -0.1) is 39.5 Å². The highest BCUT2D eigenvalue weighted by Crippen LogP contribution is 1.98. The van der Waals surface area contributed by atoms with Crippen molar-refractivity contribution < 1.29 is 44.1 Å². The van der Waals surface area contributed by atoms with Crippen molar-refractivity contribution in [3.8, 4) is 0 Å². The fraction of sp³-hybridized carbons (Fsp3) is 0.375. The third-order valence-corrected chi connectivity index (χ3v) is 1.43. The van der Waals surface area contributed by atoms with Gasteiger partial charge < -0.3 is 14.5 Å². The molecule has 25 heavy (non-hydrogen) atoms. The van der Waals surface area contributed by atoms with E-state index in [-0.39, 0.29) is 26.4 Å². The highest BCUT2D eigenvalue weighted by Gasteiger charge is 2.13. The molecular formula is C16H30O9. The van der Waals surface area contributed by atoms with Crippen molar-refractivity contribution in [3.05, 3.63) is 65.2 Å². The molecule has 148 valence electrons. The summed E-state index contributed by atoms with van der Waals surface area (Å²) < 4.78 is 5.20. The molecule has 0 bridgehead atoms. The lowest BCUT2D eigenvalue weighted by molar-refractivity contribution is -0.632. The fourth-order valence-electron chi connectivity index (χ4n) is 0.767.